The maximum atomic E-state index is 18.3. The number of methoxy groups -OCH3 is 3. The van der Waals surface area contributed by atoms with Gasteiger partial charge < -0.3 is 44.1 Å². The Morgan fingerprint density at radius 2 is 1.50 bits per heavy atom. The van der Waals surface area contributed by atoms with Crippen molar-refractivity contribution in [1.29, 1.82) is 0 Å². The van der Waals surface area contributed by atoms with Crippen LogP contribution in [0.15, 0.2) is 108 Å². The molecule has 4 aliphatic rings. The number of aliphatic imine (C=N–C) groups is 1. The summed E-state index contributed by atoms with van der Waals surface area (Å²) in [6, 6.07) is 22.4. The van der Waals surface area contributed by atoms with Gasteiger partial charge in [0.2, 0.25) is 0 Å². The number of aryl methyl sites for hydroxylation is 1. The van der Waals surface area contributed by atoms with Gasteiger partial charge in [0.25, 0.3) is 5.92 Å². The number of anilines is 3. The number of aromatic nitrogens is 3. The molecule has 398 valence electrons. The molecule has 0 amide bonds. The van der Waals surface area contributed by atoms with Gasteiger partial charge in [0.1, 0.15) is 53.7 Å². The van der Waals surface area contributed by atoms with Crippen LogP contribution in [0.25, 0.3) is 11.3 Å². The molecule has 0 saturated carbocycles. The lowest BCUT2D eigenvalue weighted by Gasteiger charge is -2.32. The summed E-state index contributed by atoms with van der Waals surface area (Å²) in [5, 5.41) is 6.01. The number of ether oxygens (including phenoxy) is 5. The van der Waals surface area contributed by atoms with Gasteiger partial charge in [0, 0.05) is 38.4 Å². The highest BCUT2D eigenvalue weighted by molar-refractivity contribution is 6.37. The molecular formula is C55H54ClF6N9O5. The zero-order valence-electron chi connectivity index (χ0n) is 42.2. The van der Waals surface area contributed by atoms with Gasteiger partial charge >= 0.3 is 12.1 Å². The molecular weight excluding hydrogens is 1020 g/mol. The Bertz CT molecular complexity index is 3130. The largest absolute Gasteiger partial charge is 0.497 e. The van der Waals surface area contributed by atoms with Crippen LogP contribution in [0.2, 0.25) is 5.02 Å². The third-order valence-electron chi connectivity index (χ3n) is 14.2. The fraction of sp³-hybridized carbons (Fsp3) is 0.345. The van der Waals surface area contributed by atoms with Crippen molar-refractivity contribution >= 4 is 34.8 Å². The Kier molecular flexibility index (Phi) is 14.3. The molecule has 0 spiro atoms. The molecule has 2 fully saturated rings. The minimum absolute atomic E-state index is 0.00390. The Morgan fingerprint density at radius 1 is 0.882 bits per heavy atom. The number of pyridine rings is 1. The predicted molar refractivity (Wildman–Crippen MR) is 276 cm³/mol. The van der Waals surface area contributed by atoms with E-state index in [0.717, 1.165) is 16.7 Å². The molecule has 2 N–H and O–H groups in total. The van der Waals surface area contributed by atoms with Gasteiger partial charge in [-0.25, -0.2) is 28.1 Å². The van der Waals surface area contributed by atoms with Gasteiger partial charge in [-0.2, -0.15) is 13.2 Å². The summed E-state index contributed by atoms with van der Waals surface area (Å²) < 4.78 is 124. The Balaban J connectivity index is 1.10. The van der Waals surface area contributed by atoms with E-state index in [4.69, 9.17) is 50.2 Å². The highest BCUT2D eigenvalue weighted by atomic mass is 35.5. The van der Waals surface area contributed by atoms with Crippen molar-refractivity contribution in [1.82, 2.24) is 24.8 Å². The highest BCUT2D eigenvalue weighted by Gasteiger charge is 2.57. The molecule has 4 aliphatic heterocycles. The average Bonchev–Trinajstić information content (AvgIpc) is 3.93. The minimum Gasteiger partial charge on any atom is -0.497 e. The van der Waals surface area contributed by atoms with Crippen molar-refractivity contribution in [2.75, 3.05) is 63.2 Å². The Morgan fingerprint density at radius 3 is 2.12 bits per heavy atom. The average molecular weight is 1070 g/mol. The standard InChI is InChI=1S/C55H54ClF6N9O5/c1-32-23-40(69(25-35-9-15-38(73-4)16-10-35)26-36-11-17-39(74-5)18-12-36)68-48(44(32)55(60,61)62)42-45(56)49-43-50(46(42)57)76-41(75-30-53-19-6-22-70(53)29-54(58,59)28-53)27-71(52(43)67-31-66-49)33(2)47-51(64-21-20-63-47)65-24-34-7-13-37(72-3)14-8-34/h7-18,20-21,23,27,33,66H,6,19,22,24-26,28-31H2,1-5H3,(H,64,65)/t33?,53-/m1/s1. The third kappa shape index (κ3) is 10.3. The van der Waals surface area contributed by atoms with Crippen LogP contribution in [0.4, 0.5) is 43.7 Å². The molecule has 0 radical (unpaired) electrons. The Hall–Kier alpha value is -7.45. The molecule has 4 aromatic carbocycles. The molecule has 1 unspecified atom stereocenters. The monoisotopic (exact) mass is 1070 g/mol. The van der Waals surface area contributed by atoms with Crippen LogP contribution in [0.3, 0.4) is 0 Å². The molecule has 14 nitrogen and oxygen atoms in total. The quantitative estimate of drug-likeness (QED) is 0.0841. The topological polar surface area (TPSA) is 131 Å². The molecule has 6 heterocycles. The van der Waals surface area contributed by atoms with Crippen molar-refractivity contribution in [3.63, 3.8) is 0 Å². The van der Waals surface area contributed by atoms with Crippen molar-refractivity contribution in [2.24, 2.45) is 4.99 Å². The minimum atomic E-state index is -5.06. The van der Waals surface area contributed by atoms with Gasteiger partial charge in [-0.15, -0.1) is 0 Å². The number of hydrogen-bond donors (Lipinski definition) is 2. The first-order chi connectivity index (χ1) is 36.5. The maximum absolute atomic E-state index is 18.3. The summed E-state index contributed by atoms with van der Waals surface area (Å²) in [4.78, 5) is 23.9. The summed E-state index contributed by atoms with van der Waals surface area (Å²) in [5.74, 6) is -2.73. The Labute approximate surface area is 440 Å². The van der Waals surface area contributed by atoms with E-state index in [1.165, 1.54) is 31.6 Å². The highest BCUT2D eigenvalue weighted by Crippen LogP contribution is 2.52. The van der Waals surface area contributed by atoms with E-state index in [2.05, 4.69) is 15.6 Å². The van der Waals surface area contributed by atoms with Gasteiger partial charge in [0.05, 0.1) is 78.7 Å². The summed E-state index contributed by atoms with van der Waals surface area (Å²) in [7, 11) is 4.66. The van der Waals surface area contributed by atoms with Gasteiger partial charge in [-0.1, -0.05) is 48.0 Å². The molecule has 2 aromatic heterocycles. The number of rotatable bonds is 17. The molecule has 21 heteroatoms. The molecule has 10 rings (SSSR count). The van der Waals surface area contributed by atoms with Crippen LogP contribution in [0.1, 0.15) is 71.3 Å². The number of alkyl halides is 5. The molecule has 0 bridgehead atoms. The zero-order chi connectivity index (χ0) is 53.5. The van der Waals surface area contributed by atoms with Crippen molar-refractivity contribution in [2.45, 2.75) is 76.4 Å². The second-order valence-electron chi connectivity index (χ2n) is 19.2. The summed E-state index contributed by atoms with van der Waals surface area (Å²) in [6.45, 7) is 3.30. The smallest absolute Gasteiger partial charge is 0.418 e. The number of halogens is 7. The number of hydrogen-bond acceptors (Lipinski definition) is 14. The number of benzene rings is 4. The normalized spacial score (nSPS) is 18.0. The first-order valence-electron chi connectivity index (χ1n) is 24.5. The molecule has 0 aliphatic carbocycles. The van der Waals surface area contributed by atoms with E-state index in [9.17, 15) is 0 Å². The second-order valence-corrected chi connectivity index (χ2v) is 19.5. The first-order valence-corrected chi connectivity index (χ1v) is 24.9. The van der Waals surface area contributed by atoms with E-state index >= 15 is 26.3 Å². The van der Waals surface area contributed by atoms with Gasteiger partial charge in [-0.3, -0.25) is 9.88 Å². The second kappa shape index (κ2) is 20.9. The van der Waals surface area contributed by atoms with Crippen LogP contribution >= 0.6 is 11.6 Å². The fourth-order valence-electron chi connectivity index (χ4n) is 10.5. The van der Waals surface area contributed by atoms with Gasteiger partial charge in [-0.05, 0) is 98.0 Å². The number of amidine groups is 1. The van der Waals surface area contributed by atoms with Crippen molar-refractivity contribution in [3.8, 4) is 34.3 Å². The van der Waals surface area contributed by atoms with E-state index < -0.39 is 70.1 Å². The van der Waals surface area contributed by atoms with Crippen LogP contribution in [-0.2, 0) is 30.5 Å². The lowest BCUT2D eigenvalue weighted by molar-refractivity contribution is -0.137. The van der Waals surface area contributed by atoms with E-state index in [1.807, 2.05) is 48.5 Å². The first kappa shape index (κ1) is 52.0. The molecule has 76 heavy (non-hydrogen) atoms. The number of nitrogens with one attached hydrogen (secondary N) is 2. The summed E-state index contributed by atoms with van der Waals surface area (Å²) in [5.41, 5.74) is -1.20. The summed E-state index contributed by atoms with van der Waals surface area (Å²) in [6.07, 6.45) is -0.0212. The van der Waals surface area contributed by atoms with Crippen LogP contribution < -0.4 is 34.5 Å². The lowest BCUT2D eigenvalue weighted by atomic mass is 9.94. The van der Waals surface area contributed by atoms with Crippen molar-refractivity contribution in [3.05, 3.63) is 153 Å². The molecule has 2 atom stereocenters. The lowest BCUT2D eigenvalue weighted by Crippen LogP contribution is -2.42. The van der Waals surface area contributed by atoms with Crippen molar-refractivity contribution < 1.29 is 50.0 Å². The summed E-state index contributed by atoms with van der Waals surface area (Å²) >= 11 is 7.28. The predicted octanol–water partition coefficient (Wildman–Crippen LogP) is 11.8. The molecule has 2 saturated heterocycles. The maximum Gasteiger partial charge on any atom is 0.418 e. The zero-order valence-corrected chi connectivity index (χ0v) is 43.0. The SMILES string of the molecule is COc1ccc(CNc2nccnc2C(C)N2C=C(OC[C@]34CCCN3CC(F)(F)C4)Oc3c(F)c(-c4nc(N(Cc5ccc(OC)cc5)Cc5ccc(OC)cc5)cc(C)c4C(F)(F)F)c(Cl)c4c3C2=NCN4)cc1. The van der Waals surface area contributed by atoms with E-state index in [-0.39, 0.29) is 60.8 Å². The van der Waals surface area contributed by atoms with E-state index in [0.29, 0.717) is 54.7 Å². The van der Waals surface area contributed by atoms with Gasteiger partial charge in [0.15, 0.2) is 11.6 Å². The fourth-order valence-corrected chi connectivity index (χ4v) is 10.8. The number of fused-ring (bicyclic) bond motifs is 1. The van der Waals surface area contributed by atoms with E-state index in [1.54, 1.807) is 67.2 Å². The van der Waals surface area contributed by atoms with Crippen LogP contribution in [-0.4, -0.2) is 89.7 Å². The molecule has 6 aromatic rings. The third-order valence-corrected chi connectivity index (χ3v) is 14.6. The van der Waals surface area contributed by atoms with Crippen LogP contribution in [0, 0.1) is 12.7 Å². The van der Waals surface area contributed by atoms with Crippen LogP contribution in [0.5, 0.6) is 23.0 Å². The number of nitrogens with zero attached hydrogens (tertiary/aromatic N) is 7.